The first-order chi connectivity index (χ1) is 9.69. The number of hydrogen-bond donors (Lipinski definition) is 1. The Bertz CT molecular complexity index is 861. The van der Waals surface area contributed by atoms with Crippen LogP contribution in [0.15, 0.2) is 35.4 Å². The Hall–Kier alpha value is -1.79. The number of H-pyrrole nitrogens is 1. The average molecular weight is 303 g/mol. The summed E-state index contributed by atoms with van der Waals surface area (Å²) >= 11 is 6.91. The number of nitrogens with one attached hydrogen (secondary N) is 1. The van der Waals surface area contributed by atoms with E-state index in [0.717, 1.165) is 22.2 Å². The van der Waals surface area contributed by atoms with E-state index in [1.165, 1.54) is 4.88 Å². The molecule has 3 aromatic heterocycles. The largest absolute Gasteiger partial charge is 0.323 e. The predicted octanol–water partition coefficient (Wildman–Crippen LogP) is 3.13. The summed E-state index contributed by atoms with van der Waals surface area (Å²) < 4.78 is 2.06. The molecule has 0 amide bonds. The Morgan fingerprint density at radius 3 is 2.85 bits per heavy atom. The molecule has 4 nitrogen and oxygen atoms in total. The molecule has 0 bridgehead atoms. The maximum absolute atomic E-state index is 12.6. The van der Waals surface area contributed by atoms with Crippen molar-refractivity contribution in [3.8, 4) is 0 Å². The van der Waals surface area contributed by atoms with Gasteiger partial charge in [-0.3, -0.25) is 14.3 Å². The highest BCUT2D eigenvalue weighted by Gasteiger charge is 2.09. The van der Waals surface area contributed by atoms with Crippen LogP contribution in [0.25, 0.3) is 10.2 Å². The maximum Gasteiger partial charge on any atom is 0.263 e. The molecule has 6 heteroatoms. The normalized spacial score (nSPS) is 11.1. The third-order valence-electron chi connectivity index (χ3n) is 3.16. The summed E-state index contributed by atoms with van der Waals surface area (Å²) in [6.45, 7) is 2.54. The number of aromatic nitrogens is 3. The topological polar surface area (TPSA) is 50.7 Å². The summed E-state index contributed by atoms with van der Waals surface area (Å²) in [6, 6.07) is 5.73. The smallest absolute Gasteiger partial charge is 0.263 e. The highest BCUT2D eigenvalue weighted by molar-refractivity contribution is 7.71. The number of rotatable bonds is 3. The predicted molar refractivity (Wildman–Crippen MR) is 84.0 cm³/mol. The average Bonchev–Trinajstić information content (AvgIpc) is 2.88. The molecule has 0 saturated carbocycles. The Morgan fingerprint density at radius 1 is 1.40 bits per heavy atom. The molecule has 0 saturated heterocycles. The van der Waals surface area contributed by atoms with Gasteiger partial charge in [0.15, 0.2) is 4.77 Å². The van der Waals surface area contributed by atoms with Crippen LogP contribution in [0.5, 0.6) is 0 Å². The van der Waals surface area contributed by atoms with Gasteiger partial charge < -0.3 is 4.98 Å². The zero-order valence-corrected chi connectivity index (χ0v) is 12.6. The van der Waals surface area contributed by atoms with E-state index in [9.17, 15) is 4.79 Å². The van der Waals surface area contributed by atoms with Gasteiger partial charge in [-0.05, 0) is 42.4 Å². The first-order valence-corrected chi connectivity index (χ1v) is 7.56. The van der Waals surface area contributed by atoms with Gasteiger partial charge in [-0.2, -0.15) is 0 Å². The van der Waals surface area contributed by atoms with Crippen LogP contribution in [0, 0.1) is 4.77 Å². The molecule has 0 fully saturated rings. The lowest BCUT2D eigenvalue weighted by molar-refractivity contribution is 0.734. The van der Waals surface area contributed by atoms with Crippen LogP contribution in [-0.2, 0) is 13.0 Å². The highest BCUT2D eigenvalue weighted by Crippen LogP contribution is 2.21. The van der Waals surface area contributed by atoms with Gasteiger partial charge in [-0.15, -0.1) is 11.3 Å². The van der Waals surface area contributed by atoms with Crippen molar-refractivity contribution in [3.63, 3.8) is 0 Å². The lowest BCUT2D eigenvalue weighted by atomic mass is 10.2. The molecule has 0 radical (unpaired) electrons. The summed E-state index contributed by atoms with van der Waals surface area (Å²) in [5.41, 5.74) is 0.975. The first-order valence-electron chi connectivity index (χ1n) is 6.33. The minimum absolute atomic E-state index is 0.0310. The summed E-state index contributed by atoms with van der Waals surface area (Å²) in [7, 11) is 0. The fraction of sp³-hybridized carbons (Fsp3) is 0.214. The van der Waals surface area contributed by atoms with Gasteiger partial charge in [0.25, 0.3) is 5.56 Å². The van der Waals surface area contributed by atoms with Gasteiger partial charge in [-0.25, -0.2) is 0 Å². The van der Waals surface area contributed by atoms with E-state index >= 15 is 0 Å². The number of thiophene rings is 1. The van der Waals surface area contributed by atoms with E-state index in [1.807, 2.05) is 18.2 Å². The molecule has 3 heterocycles. The van der Waals surface area contributed by atoms with Crippen LogP contribution in [0.4, 0.5) is 0 Å². The molecule has 0 aliphatic heterocycles. The van der Waals surface area contributed by atoms with Crippen molar-refractivity contribution in [1.82, 2.24) is 14.5 Å². The van der Waals surface area contributed by atoms with E-state index in [1.54, 1.807) is 28.3 Å². The van der Waals surface area contributed by atoms with Crippen LogP contribution >= 0.6 is 23.6 Å². The Morgan fingerprint density at radius 2 is 2.15 bits per heavy atom. The van der Waals surface area contributed by atoms with Gasteiger partial charge in [0.05, 0.1) is 11.9 Å². The van der Waals surface area contributed by atoms with Crippen LogP contribution < -0.4 is 5.56 Å². The standard InChI is InChI=1S/C14H13N3OS2/c1-2-10-7-11-12(20-10)16-14(19)17(13(11)18)8-9-3-5-15-6-4-9/h3-7H,2,8H2,1H3,(H,16,19). The summed E-state index contributed by atoms with van der Waals surface area (Å²) in [5, 5.41) is 0.717. The molecule has 0 unspecified atom stereocenters. The minimum atomic E-state index is -0.0310. The molecular weight excluding hydrogens is 290 g/mol. The molecule has 1 N–H and O–H groups in total. The van der Waals surface area contributed by atoms with Crippen LogP contribution in [0.3, 0.4) is 0 Å². The van der Waals surface area contributed by atoms with E-state index in [4.69, 9.17) is 12.2 Å². The Kier molecular flexibility index (Phi) is 3.50. The van der Waals surface area contributed by atoms with Crippen molar-refractivity contribution in [2.75, 3.05) is 0 Å². The van der Waals surface area contributed by atoms with Crippen molar-refractivity contribution in [2.45, 2.75) is 19.9 Å². The number of pyridine rings is 1. The van der Waals surface area contributed by atoms with Gasteiger partial charge >= 0.3 is 0 Å². The Balaban J connectivity index is 2.16. The molecule has 0 spiro atoms. The molecule has 0 aliphatic carbocycles. The number of aromatic amines is 1. The van der Waals surface area contributed by atoms with Crippen molar-refractivity contribution >= 4 is 33.8 Å². The number of hydrogen-bond acceptors (Lipinski definition) is 4. The van der Waals surface area contributed by atoms with Crippen molar-refractivity contribution < 1.29 is 0 Å². The second-order valence-electron chi connectivity index (χ2n) is 4.49. The van der Waals surface area contributed by atoms with E-state index in [2.05, 4.69) is 16.9 Å². The molecule has 0 atom stereocenters. The quantitative estimate of drug-likeness (QED) is 0.756. The van der Waals surface area contributed by atoms with Crippen molar-refractivity contribution in [3.05, 3.63) is 56.2 Å². The maximum atomic E-state index is 12.6. The SMILES string of the molecule is CCc1cc2c(=O)n(Cc3ccncc3)c(=S)[nH]c2s1. The van der Waals surface area contributed by atoms with Gasteiger partial charge in [0.2, 0.25) is 0 Å². The van der Waals surface area contributed by atoms with Gasteiger partial charge in [-0.1, -0.05) is 6.92 Å². The van der Waals surface area contributed by atoms with Crippen molar-refractivity contribution in [2.24, 2.45) is 0 Å². The molecule has 0 aliphatic rings. The zero-order valence-electron chi connectivity index (χ0n) is 10.9. The van der Waals surface area contributed by atoms with Gasteiger partial charge in [0.1, 0.15) is 4.83 Å². The summed E-state index contributed by atoms with van der Waals surface area (Å²) in [4.78, 5) is 21.7. The fourth-order valence-corrected chi connectivity index (χ4v) is 3.39. The first kappa shape index (κ1) is 13.2. The number of aryl methyl sites for hydroxylation is 1. The van der Waals surface area contributed by atoms with Crippen LogP contribution in [-0.4, -0.2) is 14.5 Å². The lowest BCUT2D eigenvalue weighted by Gasteiger charge is -2.06. The number of nitrogens with zero attached hydrogens (tertiary/aromatic N) is 2. The second-order valence-corrected chi connectivity index (χ2v) is 6.01. The lowest BCUT2D eigenvalue weighted by Crippen LogP contribution is -2.22. The monoisotopic (exact) mass is 303 g/mol. The summed E-state index contributed by atoms with van der Waals surface area (Å²) in [6.07, 6.45) is 4.35. The summed E-state index contributed by atoms with van der Waals surface area (Å²) in [5.74, 6) is 0. The van der Waals surface area contributed by atoms with Crippen LogP contribution in [0.2, 0.25) is 0 Å². The molecule has 102 valence electrons. The Labute approximate surface area is 124 Å². The second kappa shape index (κ2) is 5.30. The molecule has 0 aromatic carbocycles. The molecule has 20 heavy (non-hydrogen) atoms. The minimum Gasteiger partial charge on any atom is -0.323 e. The number of fused-ring (bicyclic) bond motifs is 1. The van der Waals surface area contributed by atoms with E-state index in [0.29, 0.717) is 11.3 Å². The van der Waals surface area contributed by atoms with Gasteiger partial charge in [0, 0.05) is 17.3 Å². The van der Waals surface area contributed by atoms with E-state index in [-0.39, 0.29) is 5.56 Å². The highest BCUT2D eigenvalue weighted by atomic mass is 32.1. The molecule has 3 rings (SSSR count). The zero-order chi connectivity index (χ0) is 14.1. The van der Waals surface area contributed by atoms with Crippen LogP contribution in [0.1, 0.15) is 17.4 Å². The molecule has 3 aromatic rings. The third kappa shape index (κ3) is 2.32. The van der Waals surface area contributed by atoms with E-state index < -0.39 is 0 Å². The third-order valence-corrected chi connectivity index (χ3v) is 4.68. The molecular formula is C14H13N3OS2. The van der Waals surface area contributed by atoms with Crippen molar-refractivity contribution in [1.29, 1.82) is 0 Å². The fourth-order valence-electron chi connectivity index (χ4n) is 2.08.